The normalized spacial score (nSPS) is 15.3. The van der Waals surface area contributed by atoms with E-state index in [0.717, 1.165) is 16.7 Å². The Morgan fingerprint density at radius 1 is 1.06 bits per heavy atom. The number of hydrogen-bond acceptors (Lipinski definition) is 4. The molecule has 1 unspecified atom stereocenters. The second-order valence-corrected chi connectivity index (χ2v) is 7.66. The molecule has 0 fully saturated rings. The number of benzene rings is 2. The maximum atomic E-state index is 12.6. The zero-order chi connectivity index (χ0) is 22.3. The molecule has 4 rings (SSSR count). The molecular formula is C23H22N6O2. The van der Waals surface area contributed by atoms with Gasteiger partial charge in [-0.25, -0.2) is 4.79 Å². The van der Waals surface area contributed by atoms with Gasteiger partial charge in [-0.05, 0) is 48.7 Å². The van der Waals surface area contributed by atoms with Crippen molar-refractivity contribution in [2.45, 2.75) is 26.4 Å². The van der Waals surface area contributed by atoms with Crippen molar-refractivity contribution in [3.05, 3.63) is 76.0 Å². The zero-order valence-corrected chi connectivity index (χ0v) is 17.3. The van der Waals surface area contributed by atoms with E-state index in [9.17, 15) is 9.59 Å². The van der Waals surface area contributed by atoms with E-state index >= 15 is 0 Å². The molecule has 0 saturated heterocycles. The Labute approximate surface area is 179 Å². The smallest absolute Gasteiger partial charge is 0.315 e. The fourth-order valence-electron chi connectivity index (χ4n) is 4.05. The SMILES string of the molecule is Cc1ccc(-c2nn3c(c2C(N)=O)C(c2ccc(C#N)cc2)N(C(N)=O)CC3)cc1C. The molecule has 1 aliphatic heterocycles. The predicted molar refractivity (Wildman–Crippen MR) is 115 cm³/mol. The number of urea groups is 1. The summed E-state index contributed by atoms with van der Waals surface area (Å²) in [6, 6.07) is 13.5. The number of nitrogens with two attached hydrogens (primary N) is 2. The molecule has 0 radical (unpaired) electrons. The highest BCUT2D eigenvalue weighted by Crippen LogP contribution is 2.38. The number of nitrogens with zero attached hydrogens (tertiary/aromatic N) is 4. The highest BCUT2D eigenvalue weighted by atomic mass is 16.2. The molecule has 2 aromatic carbocycles. The van der Waals surface area contributed by atoms with Crippen LogP contribution in [0.1, 0.15) is 44.3 Å². The molecule has 1 atom stereocenters. The van der Waals surface area contributed by atoms with Crippen molar-refractivity contribution < 1.29 is 9.59 Å². The Balaban J connectivity index is 1.96. The summed E-state index contributed by atoms with van der Waals surface area (Å²) in [4.78, 5) is 26.4. The number of fused-ring (bicyclic) bond motifs is 1. The van der Waals surface area contributed by atoms with Crippen LogP contribution in [0.2, 0.25) is 0 Å². The fourth-order valence-corrected chi connectivity index (χ4v) is 4.05. The van der Waals surface area contributed by atoms with E-state index < -0.39 is 18.0 Å². The van der Waals surface area contributed by atoms with Crippen LogP contribution in [0.3, 0.4) is 0 Å². The molecule has 2 heterocycles. The first-order chi connectivity index (χ1) is 14.8. The summed E-state index contributed by atoms with van der Waals surface area (Å²) in [6.07, 6.45) is 0. The number of aromatic nitrogens is 2. The summed E-state index contributed by atoms with van der Waals surface area (Å²) in [5, 5.41) is 13.8. The number of aryl methyl sites for hydroxylation is 2. The van der Waals surface area contributed by atoms with Gasteiger partial charge in [-0.15, -0.1) is 0 Å². The number of carbonyl (C=O) groups is 2. The lowest BCUT2D eigenvalue weighted by Gasteiger charge is -2.35. The third-order valence-corrected chi connectivity index (χ3v) is 5.78. The molecule has 3 amide bonds. The van der Waals surface area contributed by atoms with E-state index in [1.807, 2.05) is 32.0 Å². The lowest BCUT2D eigenvalue weighted by Crippen LogP contribution is -2.46. The molecular weight excluding hydrogens is 392 g/mol. The Morgan fingerprint density at radius 2 is 1.77 bits per heavy atom. The van der Waals surface area contributed by atoms with Crippen LogP contribution in [0.25, 0.3) is 11.3 Å². The molecule has 1 aromatic heterocycles. The molecule has 0 aliphatic carbocycles. The summed E-state index contributed by atoms with van der Waals surface area (Å²) < 4.78 is 1.73. The number of rotatable bonds is 3. The standard InChI is InChI=1S/C23H22N6O2/c1-13-3-6-17(11-14(13)2)19-18(22(25)30)21-20(16-7-4-15(12-24)5-8-16)28(23(26)31)9-10-29(21)27-19/h3-8,11,20H,9-10H2,1-2H3,(H2,25,30)(H2,26,31). The number of nitriles is 1. The number of amides is 3. The van der Waals surface area contributed by atoms with E-state index in [2.05, 4.69) is 6.07 Å². The number of carbonyl (C=O) groups excluding carboxylic acids is 2. The van der Waals surface area contributed by atoms with Gasteiger partial charge in [-0.3, -0.25) is 9.48 Å². The van der Waals surface area contributed by atoms with Gasteiger partial charge in [-0.1, -0.05) is 24.3 Å². The summed E-state index contributed by atoms with van der Waals surface area (Å²) in [7, 11) is 0. The summed E-state index contributed by atoms with van der Waals surface area (Å²) in [5.41, 5.74) is 17.0. The van der Waals surface area contributed by atoms with Crippen LogP contribution in [-0.4, -0.2) is 33.2 Å². The fraction of sp³-hybridized carbons (Fsp3) is 0.217. The van der Waals surface area contributed by atoms with Crippen molar-refractivity contribution in [2.24, 2.45) is 11.5 Å². The van der Waals surface area contributed by atoms with Gasteiger partial charge >= 0.3 is 6.03 Å². The van der Waals surface area contributed by atoms with E-state index in [4.69, 9.17) is 21.8 Å². The Kier molecular flexibility index (Phi) is 4.95. The van der Waals surface area contributed by atoms with Crippen LogP contribution in [0.15, 0.2) is 42.5 Å². The molecule has 8 heteroatoms. The van der Waals surface area contributed by atoms with Gasteiger partial charge in [0.1, 0.15) is 11.7 Å². The third kappa shape index (κ3) is 3.40. The average molecular weight is 414 g/mol. The lowest BCUT2D eigenvalue weighted by atomic mass is 9.93. The zero-order valence-electron chi connectivity index (χ0n) is 17.3. The summed E-state index contributed by atoms with van der Waals surface area (Å²) in [5.74, 6) is -0.626. The van der Waals surface area contributed by atoms with Crippen molar-refractivity contribution in [3.8, 4) is 17.3 Å². The van der Waals surface area contributed by atoms with E-state index in [0.29, 0.717) is 35.6 Å². The molecule has 4 N–H and O–H groups in total. The van der Waals surface area contributed by atoms with Gasteiger partial charge in [0.15, 0.2) is 0 Å². The summed E-state index contributed by atoms with van der Waals surface area (Å²) >= 11 is 0. The minimum absolute atomic E-state index is 0.267. The molecule has 31 heavy (non-hydrogen) atoms. The van der Waals surface area contributed by atoms with Crippen molar-refractivity contribution in [1.29, 1.82) is 5.26 Å². The second-order valence-electron chi connectivity index (χ2n) is 7.66. The Morgan fingerprint density at radius 3 is 2.35 bits per heavy atom. The first-order valence-corrected chi connectivity index (χ1v) is 9.86. The molecule has 1 aliphatic rings. The largest absolute Gasteiger partial charge is 0.365 e. The first-order valence-electron chi connectivity index (χ1n) is 9.86. The van der Waals surface area contributed by atoms with Gasteiger partial charge < -0.3 is 16.4 Å². The lowest BCUT2D eigenvalue weighted by molar-refractivity contribution is 0.0995. The molecule has 0 saturated carbocycles. The molecule has 0 bridgehead atoms. The number of hydrogen-bond donors (Lipinski definition) is 2. The average Bonchev–Trinajstić information content (AvgIpc) is 3.15. The molecule has 8 nitrogen and oxygen atoms in total. The van der Waals surface area contributed by atoms with Crippen molar-refractivity contribution in [2.75, 3.05) is 6.54 Å². The maximum absolute atomic E-state index is 12.6. The van der Waals surface area contributed by atoms with Crippen molar-refractivity contribution in [1.82, 2.24) is 14.7 Å². The first kappa shape index (κ1) is 20.2. The predicted octanol–water partition coefficient (Wildman–Crippen LogP) is 2.62. The van der Waals surface area contributed by atoms with E-state index in [-0.39, 0.29) is 5.56 Å². The van der Waals surface area contributed by atoms with Gasteiger partial charge in [0, 0.05) is 12.1 Å². The van der Waals surface area contributed by atoms with Gasteiger partial charge in [-0.2, -0.15) is 10.4 Å². The van der Waals surface area contributed by atoms with Gasteiger partial charge in [0.25, 0.3) is 5.91 Å². The van der Waals surface area contributed by atoms with Gasteiger partial charge in [0.05, 0.1) is 29.4 Å². The molecule has 156 valence electrons. The van der Waals surface area contributed by atoms with Crippen LogP contribution in [-0.2, 0) is 6.54 Å². The topological polar surface area (TPSA) is 131 Å². The van der Waals surface area contributed by atoms with Crippen LogP contribution >= 0.6 is 0 Å². The minimum atomic E-state index is -0.644. The second kappa shape index (κ2) is 7.61. The van der Waals surface area contributed by atoms with Crippen LogP contribution in [0, 0.1) is 25.2 Å². The van der Waals surface area contributed by atoms with Gasteiger partial charge in [0.2, 0.25) is 0 Å². The highest BCUT2D eigenvalue weighted by Gasteiger charge is 2.37. The van der Waals surface area contributed by atoms with E-state index in [1.54, 1.807) is 28.9 Å². The van der Waals surface area contributed by atoms with E-state index in [1.165, 1.54) is 4.90 Å². The summed E-state index contributed by atoms with van der Waals surface area (Å²) in [6.45, 7) is 4.72. The quantitative estimate of drug-likeness (QED) is 0.682. The maximum Gasteiger partial charge on any atom is 0.315 e. The molecule has 3 aromatic rings. The monoisotopic (exact) mass is 414 g/mol. The Hall–Kier alpha value is -4.12. The number of primary amides is 2. The van der Waals surface area contributed by atoms with Crippen molar-refractivity contribution >= 4 is 11.9 Å². The van der Waals surface area contributed by atoms with Crippen LogP contribution in [0.5, 0.6) is 0 Å². The Bertz CT molecular complexity index is 1240. The minimum Gasteiger partial charge on any atom is -0.365 e. The third-order valence-electron chi connectivity index (χ3n) is 5.78. The molecule has 0 spiro atoms. The van der Waals surface area contributed by atoms with Crippen molar-refractivity contribution in [3.63, 3.8) is 0 Å². The van der Waals surface area contributed by atoms with Crippen LogP contribution in [0.4, 0.5) is 4.79 Å². The van der Waals surface area contributed by atoms with Crippen LogP contribution < -0.4 is 11.5 Å². The highest BCUT2D eigenvalue weighted by molar-refractivity contribution is 6.00.